The fourth-order valence-corrected chi connectivity index (χ4v) is 3.50. The van der Waals surface area contributed by atoms with Crippen molar-refractivity contribution in [3.05, 3.63) is 46.1 Å². The average Bonchev–Trinajstić information content (AvgIpc) is 3.07. The zero-order valence-electron chi connectivity index (χ0n) is 12.4. The molecule has 1 amide bonds. The topological polar surface area (TPSA) is 46.9 Å². The number of hydrogen-bond donors (Lipinski definition) is 1. The lowest BCUT2D eigenvalue weighted by atomic mass is 10.3. The molecule has 0 unspecified atom stereocenters. The molecular weight excluding hydrogens is 318 g/mol. The highest BCUT2D eigenvalue weighted by Crippen LogP contribution is 2.28. The van der Waals surface area contributed by atoms with Crippen LogP contribution in [0.2, 0.25) is 5.02 Å². The van der Waals surface area contributed by atoms with Crippen LogP contribution in [0.3, 0.4) is 0 Å². The van der Waals surface area contributed by atoms with Gasteiger partial charge in [0.2, 0.25) is 0 Å². The van der Waals surface area contributed by atoms with Crippen molar-refractivity contribution >= 4 is 39.9 Å². The number of imidazole rings is 1. The summed E-state index contributed by atoms with van der Waals surface area (Å²) in [6.45, 7) is 4.67. The van der Waals surface area contributed by atoms with Crippen LogP contribution in [0.25, 0.3) is 16.0 Å². The summed E-state index contributed by atoms with van der Waals surface area (Å²) in [7, 11) is 0. The molecule has 1 N–H and O–H groups in total. The number of nitrogens with zero attached hydrogens (tertiary/aromatic N) is 2. The van der Waals surface area contributed by atoms with Crippen LogP contribution in [0.1, 0.15) is 28.8 Å². The summed E-state index contributed by atoms with van der Waals surface area (Å²) >= 11 is 7.48. The van der Waals surface area contributed by atoms with Crippen molar-refractivity contribution in [1.29, 1.82) is 0 Å². The molecule has 0 aliphatic carbocycles. The van der Waals surface area contributed by atoms with Crippen LogP contribution in [0.5, 0.6) is 0 Å². The minimum atomic E-state index is -0.0248. The van der Waals surface area contributed by atoms with Gasteiger partial charge in [0.25, 0.3) is 5.91 Å². The van der Waals surface area contributed by atoms with E-state index >= 15 is 0 Å². The summed E-state index contributed by atoms with van der Waals surface area (Å²) in [5.41, 5.74) is 1.85. The number of benzene rings is 1. The minimum Gasteiger partial charge on any atom is -0.351 e. The van der Waals surface area contributed by atoms with Gasteiger partial charge in [0.15, 0.2) is 0 Å². The Balaban J connectivity index is 2.00. The van der Waals surface area contributed by atoms with Crippen molar-refractivity contribution in [1.82, 2.24) is 14.9 Å². The molecule has 0 spiro atoms. The lowest BCUT2D eigenvalue weighted by Crippen LogP contribution is -2.22. The molecule has 0 aliphatic rings. The van der Waals surface area contributed by atoms with E-state index in [2.05, 4.69) is 10.3 Å². The van der Waals surface area contributed by atoms with Crippen molar-refractivity contribution in [3.8, 4) is 5.00 Å². The Labute approximate surface area is 137 Å². The monoisotopic (exact) mass is 333 g/mol. The highest BCUT2D eigenvalue weighted by atomic mass is 35.5. The maximum Gasteiger partial charge on any atom is 0.261 e. The molecule has 2 heterocycles. The van der Waals surface area contributed by atoms with Gasteiger partial charge in [0.05, 0.1) is 15.9 Å². The van der Waals surface area contributed by atoms with E-state index in [-0.39, 0.29) is 5.91 Å². The number of thiophene rings is 1. The summed E-state index contributed by atoms with van der Waals surface area (Å²) in [6.07, 6.45) is 0.927. The van der Waals surface area contributed by atoms with Crippen molar-refractivity contribution in [2.75, 3.05) is 6.54 Å². The summed E-state index contributed by atoms with van der Waals surface area (Å²) in [6, 6.07) is 9.46. The molecule has 0 bridgehead atoms. The van der Waals surface area contributed by atoms with Gasteiger partial charge in [-0.15, -0.1) is 11.3 Å². The van der Waals surface area contributed by atoms with Crippen LogP contribution in [-0.4, -0.2) is 22.0 Å². The molecule has 2 aromatic heterocycles. The molecule has 3 rings (SSSR count). The van der Waals surface area contributed by atoms with Gasteiger partial charge in [-0.05, 0) is 43.7 Å². The van der Waals surface area contributed by atoms with Gasteiger partial charge in [-0.25, -0.2) is 4.98 Å². The van der Waals surface area contributed by atoms with E-state index in [1.165, 1.54) is 11.3 Å². The van der Waals surface area contributed by atoms with Gasteiger partial charge in [-0.1, -0.05) is 18.5 Å². The van der Waals surface area contributed by atoms with Gasteiger partial charge < -0.3 is 5.32 Å². The number of rotatable bonds is 4. The second-order valence-electron chi connectivity index (χ2n) is 5.02. The van der Waals surface area contributed by atoms with E-state index in [9.17, 15) is 4.79 Å². The number of carbonyl (C=O) groups is 1. The zero-order valence-corrected chi connectivity index (χ0v) is 14.0. The third-order valence-electron chi connectivity index (χ3n) is 3.36. The van der Waals surface area contributed by atoms with Crippen molar-refractivity contribution in [2.24, 2.45) is 0 Å². The molecule has 22 heavy (non-hydrogen) atoms. The number of halogens is 1. The second kappa shape index (κ2) is 6.10. The van der Waals surface area contributed by atoms with Gasteiger partial charge in [0, 0.05) is 11.6 Å². The highest BCUT2D eigenvalue weighted by Gasteiger charge is 2.14. The van der Waals surface area contributed by atoms with Crippen LogP contribution in [0, 0.1) is 6.92 Å². The predicted octanol–water partition coefficient (Wildman–Crippen LogP) is 4.19. The standard InChI is InChI=1S/C16H16ClN3OS/c1-3-8-18-16(21)14-6-7-15(22-14)20-10(2)19-12-9-11(17)4-5-13(12)20/h4-7,9H,3,8H2,1-2H3,(H,18,21). The van der Waals surface area contributed by atoms with Crippen molar-refractivity contribution in [2.45, 2.75) is 20.3 Å². The minimum absolute atomic E-state index is 0.0248. The number of fused-ring (bicyclic) bond motifs is 1. The molecule has 0 atom stereocenters. The normalized spacial score (nSPS) is 11.0. The fraction of sp³-hybridized carbons (Fsp3) is 0.250. The maximum atomic E-state index is 12.0. The Morgan fingerprint density at radius 2 is 2.18 bits per heavy atom. The van der Waals surface area contributed by atoms with Gasteiger partial charge in [0.1, 0.15) is 10.8 Å². The lowest BCUT2D eigenvalue weighted by Gasteiger charge is -2.03. The molecule has 1 aromatic carbocycles. The van der Waals surface area contributed by atoms with E-state index < -0.39 is 0 Å². The molecule has 3 aromatic rings. The van der Waals surface area contributed by atoms with Gasteiger partial charge >= 0.3 is 0 Å². The number of aromatic nitrogens is 2. The Morgan fingerprint density at radius 3 is 2.95 bits per heavy atom. The van der Waals surface area contributed by atoms with E-state index in [0.717, 1.165) is 28.3 Å². The SMILES string of the molecule is CCCNC(=O)c1ccc(-n2c(C)nc3cc(Cl)ccc32)s1. The Hall–Kier alpha value is -1.85. The summed E-state index contributed by atoms with van der Waals surface area (Å²) in [5, 5.41) is 4.54. The van der Waals surface area contributed by atoms with Crippen LogP contribution >= 0.6 is 22.9 Å². The van der Waals surface area contributed by atoms with Gasteiger partial charge in [-0.2, -0.15) is 0 Å². The van der Waals surface area contributed by atoms with E-state index in [1.54, 1.807) is 0 Å². The molecule has 0 fully saturated rings. The lowest BCUT2D eigenvalue weighted by molar-refractivity contribution is 0.0957. The Kier molecular flexibility index (Phi) is 4.18. The molecule has 0 saturated carbocycles. The number of nitrogens with one attached hydrogen (secondary N) is 1. The van der Waals surface area contributed by atoms with Crippen molar-refractivity contribution < 1.29 is 4.79 Å². The summed E-state index contributed by atoms with van der Waals surface area (Å²) in [4.78, 5) is 17.3. The maximum absolute atomic E-state index is 12.0. The van der Waals surface area contributed by atoms with Crippen LogP contribution in [0.4, 0.5) is 0 Å². The first-order chi connectivity index (χ1) is 10.6. The molecule has 4 nitrogen and oxygen atoms in total. The van der Waals surface area contributed by atoms with Gasteiger partial charge in [-0.3, -0.25) is 9.36 Å². The molecule has 0 radical (unpaired) electrons. The Bertz CT molecular complexity index is 837. The summed E-state index contributed by atoms with van der Waals surface area (Å²) < 4.78 is 2.05. The van der Waals surface area contributed by atoms with E-state index in [4.69, 9.17) is 11.6 Å². The first-order valence-corrected chi connectivity index (χ1v) is 8.32. The third kappa shape index (κ3) is 2.74. The Morgan fingerprint density at radius 1 is 1.36 bits per heavy atom. The summed E-state index contributed by atoms with van der Waals surface area (Å²) in [5.74, 6) is 0.850. The van der Waals surface area contributed by atoms with Crippen LogP contribution in [-0.2, 0) is 0 Å². The van der Waals surface area contributed by atoms with E-state index in [0.29, 0.717) is 16.4 Å². The molecule has 114 valence electrons. The highest BCUT2D eigenvalue weighted by molar-refractivity contribution is 7.16. The van der Waals surface area contributed by atoms with Crippen LogP contribution < -0.4 is 5.32 Å². The number of amides is 1. The quantitative estimate of drug-likeness (QED) is 0.778. The number of hydrogen-bond acceptors (Lipinski definition) is 3. The number of carbonyl (C=O) groups excluding carboxylic acids is 1. The molecule has 0 saturated heterocycles. The zero-order chi connectivity index (χ0) is 15.7. The first-order valence-electron chi connectivity index (χ1n) is 7.13. The van der Waals surface area contributed by atoms with Crippen LogP contribution in [0.15, 0.2) is 30.3 Å². The largest absolute Gasteiger partial charge is 0.351 e. The second-order valence-corrected chi connectivity index (χ2v) is 6.52. The fourth-order valence-electron chi connectivity index (χ4n) is 2.35. The molecular formula is C16H16ClN3OS. The molecule has 0 aliphatic heterocycles. The average molecular weight is 334 g/mol. The number of aryl methyl sites for hydroxylation is 1. The third-order valence-corrected chi connectivity index (χ3v) is 4.66. The first kappa shape index (κ1) is 15.1. The molecule has 6 heteroatoms. The smallest absolute Gasteiger partial charge is 0.261 e. The van der Waals surface area contributed by atoms with Crippen molar-refractivity contribution in [3.63, 3.8) is 0 Å². The predicted molar refractivity (Wildman–Crippen MR) is 91.3 cm³/mol. The van der Waals surface area contributed by atoms with E-state index in [1.807, 2.05) is 48.7 Å².